The van der Waals surface area contributed by atoms with Crippen molar-refractivity contribution in [1.82, 2.24) is 4.90 Å². The molecule has 0 saturated heterocycles. The first-order chi connectivity index (χ1) is 11.9. The van der Waals surface area contributed by atoms with Gasteiger partial charge in [-0.25, -0.2) is 4.39 Å². The van der Waals surface area contributed by atoms with Crippen LogP contribution in [-0.2, 0) is 10.0 Å². The van der Waals surface area contributed by atoms with E-state index in [4.69, 9.17) is 4.74 Å². The predicted molar refractivity (Wildman–Crippen MR) is 94.1 cm³/mol. The molecule has 1 heterocycles. The van der Waals surface area contributed by atoms with Gasteiger partial charge >= 0.3 is 0 Å². The molecule has 6 nitrogen and oxygen atoms in total. The van der Waals surface area contributed by atoms with E-state index in [9.17, 15) is 12.8 Å². The Kier molecular flexibility index (Phi) is 5.00. The number of nitrogens with zero attached hydrogens (tertiary/aromatic N) is 2. The molecule has 8 heteroatoms. The lowest BCUT2D eigenvalue weighted by Crippen LogP contribution is -2.35. The quantitative estimate of drug-likeness (QED) is 0.853. The monoisotopic (exact) mass is 363 g/mol. The van der Waals surface area contributed by atoms with Crippen molar-refractivity contribution >= 4 is 21.5 Å². The van der Waals surface area contributed by atoms with Crippen LogP contribution in [0, 0.1) is 5.82 Å². The number of nitrogens with one attached hydrogen (secondary N) is 1. The maximum absolute atomic E-state index is 12.8. The summed E-state index contributed by atoms with van der Waals surface area (Å²) in [5.74, 6) is 0.634. The Morgan fingerprint density at radius 3 is 2.64 bits per heavy atom. The Morgan fingerprint density at radius 2 is 1.88 bits per heavy atom. The molecule has 0 radical (unpaired) electrons. The van der Waals surface area contributed by atoms with Crippen LogP contribution in [0.25, 0.3) is 0 Å². The molecule has 0 amide bonds. The van der Waals surface area contributed by atoms with Gasteiger partial charge in [0.15, 0.2) is 0 Å². The van der Waals surface area contributed by atoms with Gasteiger partial charge in [0, 0.05) is 6.54 Å². The van der Waals surface area contributed by atoms with Crippen LogP contribution in [0.1, 0.15) is 0 Å². The van der Waals surface area contributed by atoms with Gasteiger partial charge in [-0.3, -0.25) is 4.90 Å². The molecule has 0 aliphatic carbocycles. The van der Waals surface area contributed by atoms with E-state index in [0.717, 1.165) is 0 Å². The molecular weight excluding hydrogens is 345 g/mol. The lowest BCUT2D eigenvalue weighted by molar-refractivity contribution is 0.253. The Morgan fingerprint density at radius 1 is 1.16 bits per heavy atom. The van der Waals surface area contributed by atoms with E-state index in [2.05, 4.69) is 9.71 Å². The Hall–Kier alpha value is -2.45. The third-order valence-electron chi connectivity index (χ3n) is 3.65. The molecule has 132 valence electrons. The summed E-state index contributed by atoms with van der Waals surface area (Å²) in [6.07, 6.45) is 0. The lowest BCUT2D eigenvalue weighted by atomic mass is 10.3. The summed E-state index contributed by atoms with van der Waals surface area (Å²) in [7, 11) is -1.83. The van der Waals surface area contributed by atoms with Gasteiger partial charge in [-0.2, -0.15) is 8.42 Å². The average molecular weight is 363 g/mol. The van der Waals surface area contributed by atoms with Crippen molar-refractivity contribution in [2.75, 3.05) is 32.1 Å². The van der Waals surface area contributed by atoms with Gasteiger partial charge in [0.2, 0.25) is 0 Å². The van der Waals surface area contributed by atoms with Crippen molar-refractivity contribution in [3.05, 3.63) is 54.3 Å². The van der Waals surface area contributed by atoms with E-state index in [0.29, 0.717) is 37.0 Å². The minimum absolute atomic E-state index is 0.182. The molecule has 0 fully saturated rings. The first-order valence-corrected chi connectivity index (χ1v) is 9.15. The highest BCUT2D eigenvalue weighted by molar-refractivity contribution is 7.90. The summed E-state index contributed by atoms with van der Waals surface area (Å²) >= 11 is 0. The van der Waals surface area contributed by atoms with E-state index >= 15 is 0 Å². The van der Waals surface area contributed by atoms with Crippen LogP contribution in [0.2, 0.25) is 0 Å². The summed E-state index contributed by atoms with van der Waals surface area (Å²) < 4.78 is 46.6. The average Bonchev–Trinajstić information content (AvgIpc) is 2.56. The van der Waals surface area contributed by atoms with Gasteiger partial charge in [-0.1, -0.05) is 12.1 Å². The standard InChI is InChI=1S/C17H18FN3O3S/c1-21(10-11-24-14-8-6-13(18)7-9-14)12-17-19-15-4-2-3-5-16(15)25(22,23)20-17/h2-9H,10-12H2,1H3,(H,19,20). The van der Waals surface area contributed by atoms with Crippen LogP contribution >= 0.6 is 0 Å². The number of ether oxygens (including phenoxy) is 1. The summed E-state index contributed by atoms with van der Waals surface area (Å²) in [6.45, 7) is 1.28. The number of fused-ring (bicyclic) bond motifs is 1. The molecular formula is C17H18FN3O3S. The van der Waals surface area contributed by atoms with Crippen molar-refractivity contribution in [3.8, 4) is 5.75 Å². The summed E-state index contributed by atoms with van der Waals surface area (Å²) in [6, 6.07) is 12.5. The number of anilines is 1. The third-order valence-corrected chi connectivity index (χ3v) is 5.02. The number of rotatable bonds is 6. The van der Waals surface area contributed by atoms with Crippen LogP contribution in [0.3, 0.4) is 0 Å². The molecule has 0 bridgehead atoms. The summed E-state index contributed by atoms with van der Waals surface area (Å²) in [4.78, 5) is 2.07. The van der Waals surface area contributed by atoms with Crippen LogP contribution in [0.5, 0.6) is 5.75 Å². The Bertz CT molecular complexity index is 882. The minimum Gasteiger partial charge on any atom is -0.492 e. The SMILES string of the molecule is CN(CCOc1ccc(F)cc1)CC1=NS(=O)(=O)c2ccccc2N1. The number of amidine groups is 1. The highest BCUT2D eigenvalue weighted by Crippen LogP contribution is 2.26. The first kappa shape index (κ1) is 17.4. The fraction of sp³-hybridized carbons (Fsp3) is 0.235. The van der Waals surface area contributed by atoms with Gasteiger partial charge in [0.1, 0.15) is 28.9 Å². The molecule has 0 spiro atoms. The van der Waals surface area contributed by atoms with Crippen molar-refractivity contribution in [2.45, 2.75) is 4.90 Å². The van der Waals surface area contributed by atoms with E-state index in [-0.39, 0.29) is 10.7 Å². The number of para-hydroxylation sites is 1. The van der Waals surface area contributed by atoms with Crippen molar-refractivity contribution in [2.24, 2.45) is 4.40 Å². The maximum Gasteiger partial charge on any atom is 0.286 e. The number of halogens is 1. The van der Waals surface area contributed by atoms with E-state index in [1.54, 1.807) is 30.3 Å². The summed E-state index contributed by atoms with van der Waals surface area (Å²) in [5.41, 5.74) is 0.531. The van der Waals surface area contributed by atoms with E-state index < -0.39 is 10.0 Å². The van der Waals surface area contributed by atoms with Crippen molar-refractivity contribution in [1.29, 1.82) is 0 Å². The van der Waals surface area contributed by atoms with Gasteiger partial charge in [0.05, 0.1) is 12.2 Å². The second-order valence-corrected chi connectivity index (χ2v) is 7.25. The van der Waals surface area contributed by atoms with Crippen LogP contribution in [0.15, 0.2) is 57.8 Å². The fourth-order valence-electron chi connectivity index (χ4n) is 2.42. The summed E-state index contributed by atoms with van der Waals surface area (Å²) in [5, 5.41) is 3.04. The highest BCUT2D eigenvalue weighted by Gasteiger charge is 2.24. The molecule has 1 N–H and O–H groups in total. The van der Waals surface area contributed by atoms with Gasteiger partial charge in [0.25, 0.3) is 10.0 Å². The Balaban J connectivity index is 1.56. The normalized spacial score (nSPS) is 15.2. The lowest BCUT2D eigenvalue weighted by Gasteiger charge is -2.22. The number of likely N-dealkylation sites (N-methyl/N-ethyl adjacent to an activating group) is 1. The van der Waals surface area contributed by atoms with Crippen molar-refractivity contribution < 1.29 is 17.5 Å². The molecule has 2 aromatic carbocycles. The molecule has 1 aliphatic rings. The maximum atomic E-state index is 12.8. The molecule has 3 rings (SSSR count). The first-order valence-electron chi connectivity index (χ1n) is 7.71. The molecule has 25 heavy (non-hydrogen) atoms. The number of benzene rings is 2. The fourth-order valence-corrected chi connectivity index (χ4v) is 3.56. The molecule has 0 saturated carbocycles. The smallest absolute Gasteiger partial charge is 0.286 e. The minimum atomic E-state index is -3.67. The van der Waals surface area contributed by atoms with E-state index in [1.165, 1.54) is 18.2 Å². The molecule has 0 unspecified atom stereocenters. The van der Waals surface area contributed by atoms with Gasteiger partial charge < -0.3 is 10.1 Å². The largest absolute Gasteiger partial charge is 0.492 e. The second-order valence-electron chi connectivity index (χ2n) is 5.67. The highest BCUT2D eigenvalue weighted by atomic mass is 32.2. The predicted octanol–water partition coefficient (Wildman–Crippen LogP) is 2.35. The molecule has 2 aromatic rings. The van der Waals surface area contributed by atoms with Gasteiger partial charge in [-0.05, 0) is 43.4 Å². The molecule has 0 aromatic heterocycles. The van der Waals surface area contributed by atoms with Crippen LogP contribution < -0.4 is 10.1 Å². The molecule has 0 atom stereocenters. The topological polar surface area (TPSA) is 71.0 Å². The molecule has 1 aliphatic heterocycles. The zero-order valence-corrected chi connectivity index (χ0v) is 14.5. The van der Waals surface area contributed by atoms with Gasteiger partial charge in [-0.15, -0.1) is 4.40 Å². The Labute approximate surface area is 146 Å². The van der Waals surface area contributed by atoms with Crippen molar-refractivity contribution in [3.63, 3.8) is 0 Å². The second kappa shape index (κ2) is 7.20. The number of sulfonamides is 1. The number of hydrogen-bond donors (Lipinski definition) is 1. The zero-order valence-electron chi connectivity index (χ0n) is 13.6. The van der Waals surface area contributed by atoms with Crippen LogP contribution in [0.4, 0.5) is 10.1 Å². The van der Waals surface area contributed by atoms with E-state index in [1.807, 2.05) is 11.9 Å². The zero-order chi connectivity index (χ0) is 17.9. The third kappa shape index (κ3) is 4.34. The number of hydrogen-bond acceptors (Lipinski definition) is 5. The van der Waals surface area contributed by atoms with Crippen LogP contribution in [-0.4, -0.2) is 45.9 Å².